The number of fused-ring (bicyclic) bond motifs is 1. The maximum Gasteiger partial charge on any atom is 0.201 e. The smallest absolute Gasteiger partial charge is 0.201 e. The van der Waals surface area contributed by atoms with Crippen LogP contribution in [-0.4, -0.2) is 27.2 Å². The van der Waals surface area contributed by atoms with Gasteiger partial charge in [-0.2, -0.15) is 11.8 Å². The predicted octanol–water partition coefficient (Wildman–Crippen LogP) is 2.91. The number of anilines is 1. The van der Waals surface area contributed by atoms with Crippen LogP contribution < -0.4 is 10.5 Å². The van der Waals surface area contributed by atoms with E-state index in [0.717, 1.165) is 23.3 Å². The number of aromatic nitrogens is 2. The molecule has 1 fully saturated rings. The number of hydrogen-bond acceptors (Lipinski definition) is 4. The highest BCUT2D eigenvalue weighted by Gasteiger charge is 2.31. The third-order valence-corrected chi connectivity index (χ3v) is 5.30. The Kier molecular flexibility index (Phi) is 3.09. The van der Waals surface area contributed by atoms with Crippen molar-refractivity contribution in [2.75, 3.05) is 18.6 Å². The molecule has 1 aromatic carbocycles. The van der Waals surface area contributed by atoms with Gasteiger partial charge in [0.15, 0.2) is 0 Å². The average molecular weight is 277 g/mol. The third-order valence-electron chi connectivity index (χ3n) is 3.78. The monoisotopic (exact) mass is 277 g/mol. The third kappa shape index (κ3) is 2.27. The molecule has 1 saturated heterocycles. The van der Waals surface area contributed by atoms with Crippen LogP contribution in [0.2, 0.25) is 0 Å². The van der Waals surface area contributed by atoms with Crippen LogP contribution in [0.3, 0.4) is 0 Å². The highest BCUT2D eigenvalue weighted by atomic mass is 32.2. The Hall–Kier alpha value is -1.36. The maximum atomic E-state index is 6.08. The van der Waals surface area contributed by atoms with Crippen LogP contribution in [0, 0.1) is 0 Å². The van der Waals surface area contributed by atoms with Gasteiger partial charge in [-0.3, -0.25) is 0 Å². The van der Waals surface area contributed by atoms with E-state index < -0.39 is 0 Å². The summed E-state index contributed by atoms with van der Waals surface area (Å²) in [4.78, 5) is 4.44. The van der Waals surface area contributed by atoms with Gasteiger partial charge in [-0.15, -0.1) is 0 Å². The Labute approximate surface area is 117 Å². The molecule has 0 radical (unpaired) electrons. The second kappa shape index (κ2) is 4.63. The van der Waals surface area contributed by atoms with Crippen LogP contribution in [0.1, 0.15) is 19.8 Å². The van der Waals surface area contributed by atoms with Gasteiger partial charge in [-0.1, -0.05) is 0 Å². The molecule has 0 saturated carbocycles. The van der Waals surface area contributed by atoms with E-state index in [1.807, 2.05) is 30.0 Å². The molecule has 2 aromatic rings. The lowest BCUT2D eigenvalue weighted by molar-refractivity contribution is 0.415. The van der Waals surface area contributed by atoms with Gasteiger partial charge in [0, 0.05) is 17.4 Å². The molecule has 2 N–H and O–H groups in total. The van der Waals surface area contributed by atoms with Crippen molar-refractivity contribution in [1.82, 2.24) is 9.55 Å². The average Bonchev–Trinajstić information content (AvgIpc) is 2.95. The first-order valence-electron chi connectivity index (χ1n) is 6.55. The van der Waals surface area contributed by atoms with Crippen molar-refractivity contribution >= 4 is 28.7 Å². The molecule has 1 unspecified atom stereocenters. The van der Waals surface area contributed by atoms with Crippen molar-refractivity contribution in [2.45, 2.75) is 31.1 Å². The molecule has 1 aliphatic rings. The lowest BCUT2D eigenvalue weighted by atomic mass is 10.1. The van der Waals surface area contributed by atoms with E-state index in [0.29, 0.717) is 5.95 Å². The van der Waals surface area contributed by atoms with E-state index in [1.54, 1.807) is 7.11 Å². The summed E-state index contributed by atoms with van der Waals surface area (Å²) in [5.74, 6) is 2.68. The molecule has 2 heterocycles. The van der Waals surface area contributed by atoms with Gasteiger partial charge in [-0.05, 0) is 37.7 Å². The minimum Gasteiger partial charge on any atom is -0.497 e. The molecule has 0 bridgehead atoms. The van der Waals surface area contributed by atoms with Crippen molar-refractivity contribution in [3.05, 3.63) is 18.2 Å². The first-order valence-corrected chi connectivity index (χ1v) is 7.54. The van der Waals surface area contributed by atoms with Gasteiger partial charge in [0.1, 0.15) is 5.75 Å². The summed E-state index contributed by atoms with van der Waals surface area (Å²) in [6, 6.07) is 5.90. The minimum atomic E-state index is 0.269. The molecule has 1 atom stereocenters. The number of ether oxygens (including phenoxy) is 1. The summed E-state index contributed by atoms with van der Waals surface area (Å²) < 4.78 is 7.68. The Morgan fingerprint density at radius 3 is 3.05 bits per heavy atom. The van der Waals surface area contributed by atoms with Crippen molar-refractivity contribution in [3.8, 4) is 5.75 Å². The van der Waals surface area contributed by atoms with Crippen molar-refractivity contribution < 1.29 is 4.74 Å². The number of rotatable bonds is 3. The van der Waals surface area contributed by atoms with Crippen LogP contribution in [0.25, 0.3) is 11.0 Å². The van der Waals surface area contributed by atoms with Crippen molar-refractivity contribution in [1.29, 1.82) is 0 Å². The fourth-order valence-electron chi connectivity index (χ4n) is 2.71. The largest absolute Gasteiger partial charge is 0.497 e. The van der Waals surface area contributed by atoms with Gasteiger partial charge < -0.3 is 15.0 Å². The number of imidazole rings is 1. The summed E-state index contributed by atoms with van der Waals surface area (Å²) in [6.45, 7) is 3.23. The summed E-state index contributed by atoms with van der Waals surface area (Å²) in [5, 5.41) is 0. The molecule has 19 heavy (non-hydrogen) atoms. The van der Waals surface area contributed by atoms with E-state index >= 15 is 0 Å². The van der Waals surface area contributed by atoms with E-state index in [-0.39, 0.29) is 4.75 Å². The highest BCUT2D eigenvalue weighted by molar-refractivity contribution is 8.00. The summed E-state index contributed by atoms with van der Waals surface area (Å²) >= 11 is 2.03. The van der Waals surface area contributed by atoms with Crippen LogP contribution in [-0.2, 0) is 6.54 Å². The maximum absolute atomic E-state index is 6.08. The number of methoxy groups -OCH3 is 1. The van der Waals surface area contributed by atoms with Crippen molar-refractivity contribution in [3.63, 3.8) is 0 Å². The molecule has 1 aliphatic heterocycles. The molecular formula is C14H19N3OS. The lowest BCUT2D eigenvalue weighted by Crippen LogP contribution is -2.24. The van der Waals surface area contributed by atoms with Crippen molar-refractivity contribution in [2.24, 2.45) is 0 Å². The van der Waals surface area contributed by atoms with Crippen LogP contribution in [0.4, 0.5) is 5.95 Å². The van der Waals surface area contributed by atoms with Gasteiger partial charge >= 0.3 is 0 Å². The second-order valence-corrected chi connectivity index (χ2v) is 7.00. The Balaban J connectivity index is 2.03. The number of nitrogen functional groups attached to an aromatic ring is 1. The topological polar surface area (TPSA) is 53.1 Å². The van der Waals surface area contributed by atoms with E-state index in [9.17, 15) is 0 Å². The Bertz CT molecular complexity index is 602. The van der Waals surface area contributed by atoms with Gasteiger partial charge in [0.2, 0.25) is 5.95 Å². The van der Waals surface area contributed by atoms with E-state index in [1.165, 1.54) is 18.6 Å². The standard InChI is InChI=1S/C14H19N3OS/c1-14(6-3-7-19-14)9-17-12-8-10(18-2)4-5-11(12)16-13(17)15/h4-5,8H,3,6-7,9H2,1-2H3,(H2,15,16). The molecule has 0 aliphatic carbocycles. The molecule has 0 spiro atoms. The molecule has 5 heteroatoms. The first-order chi connectivity index (χ1) is 9.11. The normalized spacial score (nSPS) is 23.1. The first kappa shape index (κ1) is 12.7. The number of thioether (sulfide) groups is 1. The van der Waals surface area contributed by atoms with Gasteiger partial charge in [0.05, 0.1) is 18.1 Å². The van der Waals surface area contributed by atoms with E-state index in [4.69, 9.17) is 10.5 Å². The SMILES string of the molecule is COc1ccc2nc(N)n(CC3(C)CCCS3)c2c1. The zero-order chi connectivity index (χ0) is 13.5. The van der Waals surface area contributed by atoms with E-state index in [2.05, 4.69) is 16.5 Å². The number of benzene rings is 1. The molecule has 3 rings (SSSR count). The lowest BCUT2D eigenvalue weighted by Gasteiger charge is -2.24. The fourth-order valence-corrected chi connectivity index (χ4v) is 4.00. The number of nitrogens with two attached hydrogens (primary N) is 1. The Morgan fingerprint density at radius 1 is 1.53 bits per heavy atom. The van der Waals surface area contributed by atoms with Gasteiger partial charge in [0.25, 0.3) is 0 Å². The van der Waals surface area contributed by atoms with Crippen LogP contribution in [0.15, 0.2) is 18.2 Å². The Morgan fingerprint density at radius 2 is 2.37 bits per heavy atom. The molecular weight excluding hydrogens is 258 g/mol. The zero-order valence-electron chi connectivity index (χ0n) is 11.3. The van der Waals surface area contributed by atoms with Gasteiger partial charge in [-0.25, -0.2) is 4.98 Å². The number of hydrogen-bond donors (Lipinski definition) is 1. The number of nitrogens with zero attached hydrogens (tertiary/aromatic N) is 2. The predicted molar refractivity (Wildman–Crippen MR) is 80.8 cm³/mol. The highest BCUT2D eigenvalue weighted by Crippen LogP contribution is 2.40. The summed E-state index contributed by atoms with van der Waals surface area (Å²) in [6.07, 6.45) is 2.53. The molecule has 4 nitrogen and oxygen atoms in total. The summed E-state index contributed by atoms with van der Waals surface area (Å²) in [7, 11) is 1.68. The second-order valence-electron chi connectivity index (χ2n) is 5.31. The zero-order valence-corrected chi connectivity index (χ0v) is 12.2. The minimum absolute atomic E-state index is 0.269. The molecule has 0 amide bonds. The summed E-state index contributed by atoms with van der Waals surface area (Å²) in [5.41, 5.74) is 8.08. The molecule has 1 aromatic heterocycles. The fraction of sp³-hybridized carbons (Fsp3) is 0.500. The molecule has 102 valence electrons. The van der Waals surface area contributed by atoms with Crippen LogP contribution >= 0.6 is 11.8 Å². The van der Waals surface area contributed by atoms with Crippen LogP contribution in [0.5, 0.6) is 5.75 Å². The quantitative estimate of drug-likeness (QED) is 0.937.